The molecular weight excluding hydrogens is 278 g/mol. The van der Waals surface area contributed by atoms with Crippen LogP contribution in [0.15, 0.2) is 54.5 Å². The summed E-state index contributed by atoms with van der Waals surface area (Å²) < 4.78 is 4.97. The van der Waals surface area contributed by atoms with Gasteiger partial charge in [0.1, 0.15) is 12.4 Å². The van der Waals surface area contributed by atoms with E-state index >= 15 is 0 Å². The fourth-order valence-corrected chi connectivity index (χ4v) is 1.88. The number of aromatic nitrogens is 2. The number of allylic oxidation sites excluding steroid dienone is 1. The van der Waals surface area contributed by atoms with Crippen LogP contribution < -0.4 is 5.73 Å². The molecular formula is C17H19N3O2. The Labute approximate surface area is 129 Å². The number of rotatable bonds is 6. The van der Waals surface area contributed by atoms with Crippen LogP contribution in [0.3, 0.4) is 0 Å². The molecule has 2 rings (SSSR count). The SMILES string of the molecule is C/C(N)=C/C(=O)OC/C=C/c1ccc(Cc2ncc[nH]2)cc1. The molecule has 0 radical (unpaired) electrons. The number of H-pyrrole nitrogens is 1. The van der Waals surface area contributed by atoms with Gasteiger partial charge in [-0.25, -0.2) is 9.78 Å². The van der Waals surface area contributed by atoms with E-state index in [4.69, 9.17) is 10.5 Å². The Balaban J connectivity index is 1.82. The number of nitrogens with zero attached hydrogens (tertiary/aromatic N) is 1. The standard InChI is InChI=1S/C17H19N3O2/c1-13(18)11-17(21)22-10-2-3-14-4-6-15(7-5-14)12-16-19-8-9-20-16/h2-9,11H,10,12,18H2,1H3,(H,19,20)/b3-2+,13-11-. The van der Waals surface area contributed by atoms with Crippen LogP contribution >= 0.6 is 0 Å². The normalized spacial score (nSPS) is 11.8. The molecule has 0 unspecified atom stereocenters. The van der Waals surface area contributed by atoms with E-state index in [9.17, 15) is 4.79 Å². The molecule has 0 fully saturated rings. The lowest BCUT2D eigenvalue weighted by atomic mass is 10.1. The molecule has 0 saturated heterocycles. The molecule has 1 aromatic heterocycles. The van der Waals surface area contributed by atoms with Crippen molar-refractivity contribution in [1.29, 1.82) is 0 Å². The lowest BCUT2D eigenvalue weighted by Gasteiger charge is -2.00. The number of esters is 1. The quantitative estimate of drug-likeness (QED) is 0.634. The van der Waals surface area contributed by atoms with Gasteiger partial charge in [-0.15, -0.1) is 0 Å². The van der Waals surface area contributed by atoms with E-state index in [1.165, 1.54) is 11.6 Å². The highest BCUT2D eigenvalue weighted by molar-refractivity contribution is 5.82. The molecule has 2 aromatic rings. The number of hydrogen-bond donors (Lipinski definition) is 2. The van der Waals surface area contributed by atoms with Crippen LogP contribution in [0.4, 0.5) is 0 Å². The molecule has 5 nitrogen and oxygen atoms in total. The predicted octanol–water partition coefficient (Wildman–Crippen LogP) is 2.42. The average Bonchev–Trinajstić information content (AvgIpc) is 2.97. The summed E-state index contributed by atoms with van der Waals surface area (Å²) in [5.74, 6) is 0.511. The lowest BCUT2D eigenvalue weighted by molar-refractivity contribution is -0.136. The number of benzene rings is 1. The fraction of sp³-hybridized carbons (Fsp3) is 0.176. The van der Waals surface area contributed by atoms with Crippen molar-refractivity contribution in [3.05, 3.63) is 71.5 Å². The van der Waals surface area contributed by atoms with E-state index in [-0.39, 0.29) is 6.61 Å². The second kappa shape index (κ2) is 7.83. The Morgan fingerprint density at radius 3 is 2.77 bits per heavy atom. The van der Waals surface area contributed by atoms with Gasteiger partial charge in [-0.1, -0.05) is 30.3 Å². The number of ether oxygens (including phenoxy) is 1. The van der Waals surface area contributed by atoms with Gasteiger partial charge in [0.25, 0.3) is 0 Å². The fourth-order valence-electron chi connectivity index (χ4n) is 1.88. The Bertz CT molecular complexity index is 652. The zero-order valence-corrected chi connectivity index (χ0v) is 12.5. The molecule has 0 saturated carbocycles. The Morgan fingerprint density at radius 1 is 1.36 bits per heavy atom. The van der Waals surface area contributed by atoms with Crippen LogP contribution in [0.1, 0.15) is 23.9 Å². The van der Waals surface area contributed by atoms with Crippen LogP contribution in [0, 0.1) is 0 Å². The Morgan fingerprint density at radius 2 is 2.14 bits per heavy atom. The Kier molecular flexibility index (Phi) is 5.54. The highest BCUT2D eigenvalue weighted by atomic mass is 16.5. The number of carbonyl (C=O) groups is 1. The molecule has 0 bridgehead atoms. The van der Waals surface area contributed by atoms with Crippen molar-refractivity contribution < 1.29 is 9.53 Å². The third kappa shape index (κ3) is 5.28. The minimum atomic E-state index is -0.432. The van der Waals surface area contributed by atoms with E-state index in [2.05, 4.69) is 22.1 Å². The molecule has 0 aliphatic carbocycles. The molecule has 1 heterocycles. The van der Waals surface area contributed by atoms with Crippen molar-refractivity contribution >= 4 is 12.0 Å². The first kappa shape index (κ1) is 15.6. The van der Waals surface area contributed by atoms with Gasteiger partial charge in [0.15, 0.2) is 0 Å². The summed E-state index contributed by atoms with van der Waals surface area (Å²) in [4.78, 5) is 18.5. The number of carbonyl (C=O) groups excluding carboxylic acids is 1. The van der Waals surface area contributed by atoms with Crippen LogP contribution in [0.2, 0.25) is 0 Å². The maximum atomic E-state index is 11.2. The zero-order valence-electron chi connectivity index (χ0n) is 12.5. The van der Waals surface area contributed by atoms with Crippen molar-refractivity contribution in [2.24, 2.45) is 5.73 Å². The second-order valence-electron chi connectivity index (χ2n) is 4.87. The van der Waals surface area contributed by atoms with Gasteiger partial charge in [-0.2, -0.15) is 0 Å². The Hall–Kier alpha value is -2.82. The third-order valence-corrected chi connectivity index (χ3v) is 2.88. The highest BCUT2D eigenvalue weighted by Crippen LogP contribution is 2.09. The molecule has 0 aliphatic rings. The summed E-state index contributed by atoms with van der Waals surface area (Å²) in [6, 6.07) is 8.13. The molecule has 0 amide bonds. The van der Waals surface area contributed by atoms with Gasteiger partial charge < -0.3 is 15.5 Å². The van der Waals surface area contributed by atoms with E-state index in [1.807, 2.05) is 24.4 Å². The van der Waals surface area contributed by atoms with Crippen molar-refractivity contribution in [3.8, 4) is 0 Å². The summed E-state index contributed by atoms with van der Waals surface area (Å²) in [5.41, 5.74) is 8.05. The second-order valence-corrected chi connectivity index (χ2v) is 4.87. The summed E-state index contributed by atoms with van der Waals surface area (Å²) >= 11 is 0. The van der Waals surface area contributed by atoms with E-state index < -0.39 is 5.97 Å². The molecule has 5 heteroatoms. The summed E-state index contributed by atoms with van der Waals surface area (Å²) in [6.45, 7) is 1.86. The topological polar surface area (TPSA) is 81.0 Å². The maximum Gasteiger partial charge on any atom is 0.332 e. The maximum absolute atomic E-state index is 11.2. The molecule has 1 aromatic carbocycles. The number of aromatic amines is 1. The van der Waals surface area contributed by atoms with E-state index in [0.29, 0.717) is 5.70 Å². The van der Waals surface area contributed by atoms with Crippen LogP contribution in [0.25, 0.3) is 6.08 Å². The van der Waals surface area contributed by atoms with Gasteiger partial charge in [0, 0.05) is 30.6 Å². The van der Waals surface area contributed by atoms with Crippen molar-refractivity contribution in [1.82, 2.24) is 9.97 Å². The van der Waals surface area contributed by atoms with Crippen molar-refractivity contribution in [2.75, 3.05) is 6.61 Å². The summed E-state index contributed by atoms with van der Waals surface area (Å²) in [6.07, 6.45) is 9.29. The average molecular weight is 297 g/mol. The number of nitrogens with two attached hydrogens (primary N) is 1. The monoisotopic (exact) mass is 297 g/mol. The van der Waals surface area contributed by atoms with Gasteiger partial charge in [-0.3, -0.25) is 0 Å². The number of hydrogen-bond acceptors (Lipinski definition) is 4. The summed E-state index contributed by atoms with van der Waals surface area (Å²) in [5, 5.41) is 0. The van der Waals surface area contributed by atoms with E-state index in [0.717, 1.165) is 17.8 Å². The molecule has 0 aliphatic heterocycles. The minimum Gasteiger partial charge on any atom is -0.458 e. The molecule has 22 heavy (non-hydrogen) atoms. The number of imidazole rings is 1. The lowest BCUT2D eigenvalue weighted by Crippen LogP contribution is -2.03. The van der Waals surface area contributed by atoms with E-state index in [1.54, 1.807) is 19.2 Å². The molecule has 114 valence electrons. The van der Waals surface area contributed by atoms with Crippen LogP contribution in [-0.4, -0.2) is 22.5 Å². The van der Waals surface area contributed by atoms with Gasteiger partial charge in [0.2, 0.25) is 0 Å². The van der Waals surface area contributed by atoms with Gasteiger partial charge in [-0.05, 0) is 24.1 Å². The summed E-state index contributed by atoms with van der Waals surface area (Å²) in [7, 11) is 0. The zero-order chi connectivity index (χ0) is 15.8. The first-order valence-corrected chi connectivity index (χ1v) is 6.98. The largest absolute Gasteiger partial charge is 0.458 e. The van der Waals surface area contributed by atoms with Gasteiger partial charge in [0.05, 0.1) is 0 Å². The molecule has 0 spiro atoms. The number of nitrogens with one attached hydrogen (secondary N) is 1. The van der Waals surface area contributed by atoms with Gasteiger partial charge >= 0.3 is 5.97 Å². The first-order valence-electron chi connectivity index (χ1n) is 6.98. The molecule has 0 atom stereocenters. The predicted molar refractivity (Wildman–Crippen MR) is 85.8 cm³/mol. The van der Waals surface area contributed by atoms with Crippen molar-refractivity contribution in [3.63, 3.8) is 0 Å². The molecule has 3 N–H and O–H groups in total. The minimum absolute atomic E-state index is 0.219. The highest BCUT2D eigenvalue weighted by Gasteiger charge is 1.98. The first-order chi connectivity index (χ1) is 10.6. The van der Waals surface area contributed by atoms with Crippen LogP contribution in [0.5, 0.6) is 0 Å². The van der Waals surface area contributed by atoms with Crippen LogP contribution in [-0.2, 0) is 16.0 Å². The third-order valence-electron chi connectivity index (χ3n) is 2.88. The van der Waals surface area contributed by atoms with Crippen molar-refractivity contribution in [2.45, 2.75) is 13.3 Å². The smallest absolute Gasteiger partial charge is 0.332 e.